The van der Waals surface area contributed by atoms with Gasteiger partial charge in [-0.15, -0.1) is 0 Å². The molecule has 4 aromatic carbocycles. The number of hydrogen-bond acceptors (Lipinski definition) is 2. The van der Waals surface area contributed by atoms with Gasteiger partial charge in [-0.3, -0.25) is 0 Å². The zero-order chi connectivity index (χ0) is 19.5. The van der Waals surface area contributed by atoms with Crippen molar-refractivity contribution in [3.63, 3.8) is 0 Å². The van der Waals surface area contributed by atoms with Gasteiger partial charge in [0, 0.05) is 0 Å². The number of benzene rings is 4. The third kappa shape index (κ3) is 2.82. The second-order valence-corrected chi connectivity index (χ2v) is 11.8. The van der Waals surface area contributed by atoms with E-state index in [4.69, 9.17) is 0 Å². The van der Waals surface area contributed by atoms with Gasteiger partial charge in [-0.2, -0.15) is 0 Å². The predicted molar refractivity (Wildman–Crippen MR) is 127 cm³/mol. The molecule has 29 heavy (non-hydrogen) atoms. The first-order chi connectivity index (χ1) is 14.2. The first-order valence-corrected chi connectivity index (χ1v) is 14.5. The molecule has 3 heteroatoms. The van der Waals surface area contributed by atoms with E-state index in [-0.39, 0.29) is 21.2 Å². The zero-order valence-electron chi connectivity index (χ0n) is 16.1. The fourth-order valence-corrected chi connectivity index (χ4v) is 8.76. The van der Waals surface area contributed by atoms with Gasteiger partial charge in [-0.1, -0.05) is 0 Å². The summed E-state index contributed by atoms with van der Waals surface area (Å²) in [7, 11) is 0. The van der Waals surface area contributed by atoms with Crippen molar-refractivity contribution in [1.29, 1.82) is 0 Å². The predicted octanol–water partition coefficient (Wildman–Crippen LogP) is 5.29. The number of hydrogen-bond donors (Lipinski definition) is 0. The normalized spacial score (nSPS) is 12.1. The van der Waals surface area contributed by atoms with Crippen LogP contribution >= 0.6 is 22.7 Å². The third-order valence-electron chi connectivity index (χ3n) is 5.60. The van der Waals surface area contributed by atoms with Crippen molar-refractivity contribution in [1.82, 2.24) is 0 Å². The molecular weight excluding hydrogens is 503 g/mol. The molecule has 0 nitrogen and oxygen atoms in total. The Labute approximate surface area is 188 Å². The summed E-state index contributed by atoms with van der Waals surface area (Å²) < 4.78 is 7.21. The Kier molecular flexibility index (Phi) is 4.19. The van der Waals surface area contributed by atoms with Crippen LogP contribution in [-0.2, 0) is 0 Å². The van der Waals surface area contributed by atoms with E-state index in [1.54, 1.807) is 3.57 Å². The van der Waals surface area contributed by atoms with Crippen LogP contribution < -0.4 is 21.2 Å². The van der Waals surface area contributed by atoms with Crippen LogP contribution in [0.4, 0.5) is 0 Å². The van der Waals surface area contributed by atoms with Crippen LogP contribution in [0.3, 0.4) is 0 Å². The van der Waals surface area contributed by atoms with Gasteiger partial charge in [0.2, 0.25) is 0 Å². The summed E-state index contributed by atoms with van der Waals surface area (Å²) in [6.45, 7) is 2.17. The van der Waals surface area contributed by atoms with E-state index in [0.717, 1.165) is 0 Å². The van der Waals surface area contributed by atoms with Crippen LogP contribution in [0.1, 0.15) is 5.56 Å². The molecule has 0 aliphatic heterocycles. The summed E-state index contributed by atoms with van der Waals surface area (Å²) in [6, 6.07) is 27.5. The van der Waals surface area contributed by atoms with E-state index < -0.39 is 0 Å². The molecule has 0 amide bonds. The van der Waals surface area contributed by atoms with Crippen LogP contribution in [0.25, 0.3) is 51.5 Å². The fourth-order valence-electron chi connectivity index (χ4n) is 4.16. The molecule has 0 fully saturated rings. The molecule has 0 N–H and O–H groups in total. The summed E-state index contributed by atoms with van der Waals surface area (Å²) in [6.07, 6.45) is 0. The van der Waals surface area contributed by atoms with Gasteiger partial charge in [0.1, 0.15) is 0 Å². The van der Waals surface area contributed by atoms with E-state index in [2.05, 4.69) is 84.7 Å². The van der Waals surface area contributed by atoms with Gasteiger partial charge in [-0.25, -0.2) is 0 Å². The average molecular weight is 521 g/mol. The number of aryl methyl sites for hydroxylation is 1. The Hall–Kier alpha value is -1.95. The second kappa shape index (κ2) is 6.79. The van der Waals surface area contributed by atoms with Crippen molar-refractivity contribution >= 4 is 63.0 Å². The van der Waals surface area contributed by atoms with Gasteiger partial charge in [0.15, 0.2) is 0 Å². The van der Waals surface area contributed by atoms with Crippen LogP contribution in [0.15, 0.2) is 72.8 Å². The number of fused-ring (bicyclic) bond motifs is 6. The zero-order valence-corrected chi connectivity index (χ0v) is 19.9. The van der Waals surface area contributed by atoms with Crippen LogP contribution in [0, 0.1) is 10.5 Å². The van der Waals surface area contributed by atoms with Gasteiger partial charge in [-0.05, 0) is 0 Å². The Balaban J connectivity index is 1.61. The van der Waals surface area contributed by atoms with E-state index in [0.29, 0.717) is 0 Å². The maximum atomic E-state index is 2.45. The molecule has 0 spiro atoms. The van der Waals surface area contributed by atoms with Crippen molar-refractivity contribution in [3.8, 4) is 11.1 Å². The van der Waals surface area contributed by atoms with Gasteiger partial charge in [0.05, 0.1) is 0 Å². The molecule has 2 aromatic heterocycles. The molecule has 2 heterocycles. The molecule has 6 aromatic rings. The van der Waals surface area contributed by atoms with E-state index in [9.17, 15) is 0 Å². The molecule has 142 valence electrons. The minimum atomic E-state index is 0.0179. The third-order valence-corrected chi connectivity index (χ3v) is 10.3. The molecule has 0 atom stereocenters. The maximum absolute atomic E-state index is 2.45. The SMILES string of the molecule is C[I-]c1cc(-c2ccc3c(c2)sc2cc(C)ccc23)cc2c1sc1ccccc12. The number of alkyl halides is 1. The number of rotatable bonds is 2. The van der Waals surface area contributed by atoms with Crippen molar-refractivity contribution < 1.29 is 21.2 Å². The Morgan fingerprint density at radius 3 is 2.24 bits per heavy atom. The summed E-state index contributed by atoms with van der Waals surface area (Å²) in [5, 5.41) is 5.57. The number of halogens is 1. The first kappa shape index (κ1) is 17.9. The molecule has 0 unspecified atom stereocenters. The molecule has 6 rings (SSSR count). The molecule has 0 aliphatic carbocycles. The molecule has 0 bridgehead atoms. The molecule has 0 radical (unpaired) electrons. The monoisotopic (exact) mass is 521 g/mol. The summed E-state index contributed by atoms with van der Waals surface area (Å²) in [5.41, 5.74) is 4.01. The Morgan fingerprint density at radius 2 is 1.38 bits per heavy atom. The molecule has 0 saturated heterocycles. The minimum absolute atomic E-state index is 0.0179. The van der Waals surface area contributed by atoms with Crippen LogP contribution in [0.5, 0.6) is 0 Å². The van der Waals surface area contributed by atoms with Gasteiger partial charge < -0.3 is 0 Å². The second-order valence-electron chi connectivity index (χ2n) is 7.43. The van der Waals surface area contributed by atoms with Gasteiger partial charge >= 0.3 is 189 Å². The van der Waals surface area contributed by atoms with Crippen molar-refractivity contribution in [2.24, 2.45) is 0 Å². The van der Waals surface area contributed by atoms with Crippen molar-refractivity contribution in [2.45, 2.75) is 6.92 Å². The quantitative estimate of drug-likeness (QED) is 0.215. The topological polar surface area (TPSA) is 0 Å². The van der Waals surface area contributed by atoms with Crippen molar-refractivity contribution in [2.75, 3.05) is 4.93 Å². The first-order valence-electron chi connectivity index (χ1n) is 9.59. The summed E-state index contributed by atoms with van der Waals surface area (Å²) in [4.78, 5) is 2.37. The number of thiophene rings is 2. The molecular formula is C26H18IS2-. The van der Waals surface area contributed by atoms with Crippen LogP contribution in [0.2, 0.25) is 0 Å². The molecule has 0 saturated carbocycles. The summed E-state index contributed by atoms with van der Waals surface area (Å²) in [5.74, 6) is 0. The van der Waals surface area contributed by atoms with Gasteiger partial charge in [0.25, 0.3) is 0 Å². The van der Waals surface area contributed by atoms with E-state index in [1.807, 2.05) is 22.7 Å². The van der Waals surface area contributed by atoms with Crippen molar-refractivity contribution in [3.05, 3.63) is 81.9 Å². The average Bonchev–Trinajstić information content (AvgIpc) is 3.29. The van der Waals surface area contributed by atoms with Crippen LogP contribution in [-0.4, -0.2) is 4.93 Å². The Bertz CT molecular complexity index is 1550. The standard InChI is InChI=1S/C26H18IS2/c1-15-7-9-19-20-10-8-16(14-25(20)28-24(19)11-15)17-12-21-18-5-3-4-6-23(18)29-26(21)22(13-17)27-2/h3-14H,1-2H3/q-1. The van der Waals surface area contributed by atoms with E-state index >= 15 is 0 Å². The fraction of sp³-hybridized carbons (Fsp3) is 0.0769. The van der Waals surface area contributed by atoms with E-state index in [1.165, 1.54) is 57.0 Å². The summed E-state index contributed by atoms with van der Waals surface area (Å²) >= 11 is 3.88. The molecule has 0 aliphatic rings. The Morgan fingerprint density at radius 1 is 0.621 bits per heavy atom.